The van der Waals surface area contributed by atoms with Gasteiger partial charge in [0.2, 0.25) is 0 Å². The van der Waals surface area contributed by atoms with Gasteiger partial charge < -0.3 is 37.9 Å². The lowest BCUT2D eigenvalue weighted by Gasteiger charge is -2.13. The molecule has 6 rings (SSSR count). The molecule has 6 aromatic rings. The Morgan fingerprint density at radius 3 is 0.943 bits per heavy atom. The van der Waals surface area contributed by atoms with Crippen molar-refractivity contribution in [1.29, 1.82) is 0 Å². The van der Waals surface area contributed by atoms with Gasteiger partial charge in [0, 0.05) is 12.8 Å². The molecule has 14 heteroatoms. The Balaban J connectivity index is 0.811. The van der Waals surface area contributed by atoms with Gasteiger partial charge in [-0.3, -0.25) is 9.59 Å². The molecule has 0 bridgehead atoms. The smallest absolute Gasteiger partial charge is 0.343 e. The number of benzene rings is 6. The van der Waals surface area contributed by atoms with Crippen LogP contribution < -0.4 is 28.4 Å². The topological polar surface area (TPSA) is 176 Å². The second-order valence-electron chi connectivity index (χ2n) is 22.5. The van der Waals surface area contributed by atoms with Crippen molar-refractivity contribution in [1.82, 2.24) is 0 Å². The van der Waals surface area contributed by atoms with Crippen LogP contribution in [0, 0.1) is 0 Å². The summed E-state index contributed by atoms with van der Waals surface area (Å²) in [5.41, 5.74) is 4.99. The lowest BCUT2D eigenvalue weighted by Crippen LogP contribution is -2.15. The first-order valence-electron chi connectivity index (χ1n) is 31.8. The lowest BCUT2D eigenvalue weighted by molar-refractivity contribution is -0.135. The molecule has 0 spiro atoms. The van der Waals surface area contributed by atoms with Crippen LogP contribution in [-0.4, -0.2) is 62.2 Å². The highest BCUT2D eigenvalue weighted by atomic mass is 16.6. The minimum absolute atomic E-state index is 0.139. The van der Waals surface area contributed by atoms with Gasteiger partial charge in [-0.25, -0.2) is 19.2 Å². The highest BCUT2D eigenvalue weighted by molar-refractivity contribution is 5.94. The molecule has 0 fully saturated rings. The van der Waals surface area contributed by atoms with E-state index in [-0.39, 0.29) is 71.1 Å². The summed E-state index contributed by atoms with van der Waals surface area (Å²) in [6.07, 6.45) is 23.1. The molecule has 0 saturated heterocycles. The predicted octanol–water partition coefficient (Wildman–Crippen LogP) is 18.5. The molecule has 0 N–H and O–H groups in total. The lowest BCUT2D eigenvalue weighted by atomic mass is 10.0. The number of methoxy groups -OCH3 is 2. The SMILES string of the molecule is CCCCCCCCC(C)OC(=O)c1ccc(-c2ccc(OC(=O)c3ccc(OC(=O)CCCCCCCCCCC(=O)Oc4ccc(C(=O)Oc5ccc(-c6ccc(C(=O)OC(C)CCCCCCCC)cc6)cc5)cc4OC)c(OC)c3)cc2)cc1. The standard InChI is InChI=1S/C74H90O14/c1-7-9-11-13-19-23-27-53(3)83-71(77)59-35-31-55(32-36-59)57-39-45-63(46-40-57)85-73(79)61-43-49-65(67(51-61)81-5)87-69(75)29-25-21-17-15-16-18-22-26-30-70(76)88-66-50-44-62(52-68(66)82-6)74(80)86-64-47-41-58(42-48-64)56-33-37-60(38-34-56)72(78)84-54(4)28-24-20-14-12-10-8-2/h31-54H,7-30H2,1-6H3. The largest absolute Gasteiger partial charge is 0.493 e. The maximum Gasteiger partial charge on any atom is 0.343 e. The number of ether oxygens (including phenoxy) is 8. The van der Waals surface area contributed by atoms with E-state index < -0.39 is 23.9 Å². The molecule has 0 aromatic heterocycles. The van der Waals surface area contributed by atoms with Crippen molar-refractivity contribution in [2.45, 2.75) is 194 Å². The quantitative estimate of drug-likeness (QED) is 0.0202. The minimum atomic E-state index is -0.603. The van der Waals surface area contributed by atoms with Gasteiger partial charge in [-0.1, -0.05) is 165 Å². The number of hydrogen-bond donors (Lipinski definition) is 0. The summed E-state index contributed by atoms with van der Waals surface area (Å²) in [6, 6.07) is 37.7. The summed E-state index contributed by atoms with van der Waals surface area (Å²) in [5.74, 6) is -1.12. The molecular formula is C74H90O14. The van der Waals surface area contributed by atoms with E-state index in [1.165, 1.54) is 102 Å². The highest BCUT2D eigenvalue weighted by Crippen LogP contribution is 2.32. The molecule has 2 unspecified atom stereocenters. The summed E-state index contributed by atoms with van der Waals surface area (Å²) >= 11 is 0. The molecule has 88 heavy (non-hydrogen) atoms. The van der Waals surface area contributed by atoms with Gasteiger partial charge in [0.05, 0.1) is 48.7 Å². The minimum Gasteiger partial charge on any atom is -0.493 e. The van der Waals surface area contributed by atoms with Crippen LogP contribution in [0.25, 0.3) is 22.3 Å². The van der Waals surface area contributed by atoms with Crippen molar-refractivity contribution in [3.63, 3.8) is 0 Å². The molecule has 2 atom stereocenters. The molecular weight excluding hydrogens is 1110 g/mol. The summed E-state index contributed by atoms with van der Waals surface area (Å²) in [4.78, 5) is 77.4. The van der Waals surface area contributed by atoms with E-state index in [0.717, 1.165) is 99.3 Å². The van der Waals surface area contributed by atoms with E-state index in [9.17, 15) is 28.8 Å². The summed E-state index contributed by atoms with van der Waals surface area (Å²) in [6.45, 7) is 8.30. The zero-order chi connectivity index (χ0) is 62.9. The number of rotatable bonds is 39. The number of esters is 6. The molecule has 0 saturated carbocycles. The maximum absolute atomic E-state index is 13.1. The fourth-order valence-corrected chi connectivity index (χ4v) is 10.1. The van der Waals surface area contributed by atoms with Gasteiger partial charge >= 0.3 is 35.8 Å². The molecule has 14 nitrogen and oxygen atoms in total. The third-order valence-electron chi connectivity index (χ3n) is 15.3. The van der Waals surface area contributed by atoms with Crippen molar-refractivity contribution in [3.05, 3.63) is 156 Å². The molecule has 0 aliphatic carbocycles. The number of unbranched alkanes of at least 4 members (excludes halogenated alkanes) is 17. The van der Waals surface area contributed by atoms with Crippen LogP contribution in [-0.2, 0) is 19.1 Å². The Labute approximate surface area is 520 Å². The van der Waals surface area contributed by atoms with Crippen molar-refractivity contribution >= 4 is 35.8 Å². The van der Waals surface area contributed by atoms with Crippen molar-refractivity contribution in [2.75, 3.05) is 14.2 Å². The summed E-state index contributed by atoms with van der Waals surface area (Å²) in [5, 5.41) is 0. The second-order valence-corrected chi connectivity index (χ2v) is 22.5. The Bertz CT molecular complexity index is 2900. The van der Waals surface area contributed by atoms with Crippen LogP contribution >= 0.6 is 0 Å². The van der Waals surface area contributed by atoms with Crippen LogP contribution in [0.5, 0.6) is 34.5 Å². The number of carbonyl (C=O) groups excluding carboxylic acids is 6. The Morgan fingerprint density at radius 2 is 0.614 bits per heavy atom. The Hall–Kier alpha value is -8.26. The summed E-state index contributed by atoms with van der Waals surface area (Å²) in [7, 11) is 2.87. The second kappa shape index (κ2) is 38.1. The molecule has 0 radical (unpaired) electrons. The van der Waals surface area contributed by atoms with Crippen molar-refractivity contribution in [2.24, 2.45) is 0 Å². The third kappa shape index (κ3) is 23.8. The fourth-order valence-electron chi connectivity index (χ4n) is 10.1. The average molecular weight is 1200 g/mol. The van der Waals surface area contributed by atoms with Gasteiger partial charge in [-0.2, -0.15) is 0 Å². The van der Waals surface area contributed by atoms with Gasteiger partial charge in [0.1, 0.15) is 11.5 Å². The highest BCUT2D eigenvalue weighted by Gasteiger charge is 2.20. The first kappa shape index (κ1) is 68.8. The van der Waals surface area contributed by atoms with Crippen molar-refractivity contribution < 1.29 is 66.7 Å². The monoisotopic (exact) mass is 1200 g/mol. The van der Waals surface area contributed by atoms with Gasteiger partial charge in [0.15, 0.2) is 23.0 Å². The van der Waals surface area contributed by atoms with Crippen LogP contribution in [0.15, 0.2) is 133 Å². The number of hydrogen-bond acceptors (Lipinski definition) is 14. The van der Waals surface area contributed by atoms with Gasteiger partial charge in [0.25, 0.3) is 0 Å². The summed E-state index contributed by atoms with van der Waals surface area (Å²) < 4.78 is 44.8. The molecule has 6 aromatic carbocycles. The first-order valence-corrected chi connectivity index (χ1v) is 31.8. The zero-order valence-electron chi connectivity index (χ0n) is 52.5. The Morgan fingerprint density at radius 1 is 0.318 bits per heavy atom. The van der Waals surface area contributed by atoms with Crippen LogP contribution in [0.2, 0.25) is 0 Å². The van der Waals surface area contributed by atoms with Crippen LogP contribution in [0.1, 0.15) is 223 Å². The van der Waals surface area contributed by atoms with E-state index in [0.29, 0.717) is 35.5 Å². The van der Waals surface area contributed by atoms with Crippen molar-refractivity contribution in [3.8, 4) is 56.8 Å². The predicted molar refractivity (Wildman–Crippen MR) is 343 cm³/mol. The van der Waals surface area contributed by atoms with E-state index in [1.807, 2.05) is 62.4 Å². The Kier molecular flexibility index (Phi) is 29.8. The van der Waals surface area contributed by atoms with Gasteiger partial charge in [-0.05, 0) is 160 Å². The molecule has 0 aliphatic rings. The zero-order valence-corrected chi connectivity index (χ0v) is 52.5. The normalized spacial score (nSPS) is 11.7. The first-order chi connectivity index (χ1) is 42.8. The van der Waals surface area contributed by atoms with E-state index in [2.05, 4.69) is 13.8 Å². The van der Waals surface area contributed by atoms with E-state index in [1.54, 1.807) is 48.5 Å². The molecule has 470 valence electrons. The van der Waals surface area contributed by atoms with Gasteiger partial charge in [-0.15, -0.1) is 0 Å². The average Bonchev–Trinajstić information content (AvgIpc) is 3.59. The molecule has 0 heterocycles. The molecule has 0 amide bonds. The molecule has 0 aliphatic heterocycles. The van der Waals surface area contributed by atoms with Crippen LogP contribution in [0.3, 0.4) is 0 Å². The fraction of sp³-hybridized carbons (Fsp3) is 0.432. The maximum atomic E-state index is 13.1. The third-order valence-corrected chi connectivity index (χ3v) is 15.3. The van der Waals surface area contributed by atoms with E-state index >= 15 is 0 Å². The van der Waals surface area contributed by atoms with Crippen LogP contribution in [0.4, 0.5) is 0 Å². The van der Waals surface area contributed by atoms with E-state index in [4.69, 9.17) is 37.9 Å². The number of carbonyl (C=O) groups is 6.